The number of nitrogens with zero attached hydrogens (tertiary/aromatic N) is 4. The van der Waals surface area contributed by atoms with Crippen molar-refractivity contribution in [1.29, 1.82) is 0 Å². The van der Waals surface area contributed by atoms with Crippen molar-refractivity contribution >= 4 is 56.9 Å². The lowest BCUT2D eigenvalue weighted by Crippen LogP contribution is -2.52. The van der Waals surface area contributed by atoms with Crippen molar-refractivity contribution < 1.29 is 27.2 Å². The van der Waals surface area contributed by atoms with Crippen molar-refractivity contribution in [2.75, 3.05) is 38.2 Å². The third kappa shape index (κ3) is 8.07. The van der Waals surface area contributed by atoms with Gasteiger partial charge in [0.2, 0.25) is 10.0 Å². The molecular formula is C32H31Cl2N5O6S. The lowest BCUT2D eigenvalue weighted by Gasteiger charge is -2.36. The number of rotatable bonds is 10. The zero-order valence-corrected chi connectivity index (χ0v) is 27.1. The maximum atomic E-state index is 13.6. The quantitative estimate of drug-likeness (QED) is 0.145. The van der Waals surface area contributed by atoms with Gasteiger partial charge in [-0.05, 0) is 66.2 Å². The molecule has 1 aliphatic rings. The molecular weight excluding hydrogens is 653 g/mol. The maximum Gasteiger partial charge on any atom is 0.329 e. The Bertz CT molecular complexity index is 1810. The van der Waals surface area contributed by atoms with Crippen molar-refractivity contribution in [3.63, 3.8) is 0 Å². The number of methoxy groups -OCH3 is 1. The predicted molar refractivity (Wildman–Crippen MR) is 176 cm³/mol. The van der Waals surface area contributed by atoms with Crippen molar-refractivity contribution in [3.05, 3.63) is 112 Å². The highest BCUT2D eigenvalue weighted by atomic mass is 35.5. The van der Waals surface area contributed by atoms with Gasteiger partial charge in [-0.15, -0.1) is 0 Å². The third-order valence-corrected chi connectivity index (χ3v) is 9.59. The van der Waals surface area contributed by atoms with Gasteiger partial charge in [0.25, 0.3) is 0 Å². The van der Waals surface area contributed by atoms with Crippen molar-refractivity contribution in [2.24, 2.45) is 5.10 Å². The van der Waals surface area contributed by atoms with Crippen LogP contribution in [-0.4, -0.2) is 68.9 Å². The second-order valence-corrected chi connectivity index (χ2v) is 13.1. The van der Waals surface area contributed by atoms with Crippen LogP contribution in [0.15, 0.2) is 99.3 Å². The molecule has 0 radical (unpaired) electrons. The molecule has 0 unspecified atom stereocenters. The summed E-state index contributed by atoms with van der Waals surface area (Å²) in [5.74, 6) is -0.237. The molecule has 46 heavy (non-hydrogen) atoms. The van der Waals surface area contributed by atoms with Crippen LogP contribution in [0.25, 0.3) is 0 Å². The van der Waals surface area contributed by atoms with Crippen LogP contribution in [0.2, 0.25) is 10.0 Å². The van der Waals surface area contributed by atoms with Gasteiger partial charge in [-0.25, -0.2) is 13.8 Å². The van der Waals surface area contributed by atoms with E-state index < -0.39 is 21.8 Å². The number of carbonyl (C=O) groups excluding carboxylic acids is 2. The van der Waals surface area contributed by atoms with E-state index >= 15 is 0 Å². The number of hydrogen-bond acceptors (Lipinski definition) is 8. The molecule has 240 valence electrons. The first-order chi connectivity index (χ1) is 22.1. The number of carbonyl (C=O) groups is 2. The van der Waals surface area contributed by atoms with Gasteiger partial charge in [-0.1, -0.05) is 47.5 Å². The van der Waals surface area contributed by atoms with Gasteiger partial charge in [-0.2, -0.15) is 9.41 Å². The summed E-state index contributed by atoms with van der Waals surface area (Å²) in [5.41, 5.74) is 3.90. The molecule has 1 fully saturated rings. The largest absolute Gasteiger partial charge is 0.495 e. The Morgan fingerprint density at radius 3 is 2.24 bits per heavy atom. The highest BCUT2D eigenvalue weighted by molar-refractivity contribution is 7.89. The van der Waals surface area contributed by atoms with E-state index in [-0.39, 0.29) is 23.7 Å². The topological polar surface area (TPSA) is 125 Å². The number of furan rings is 1. The first-order valence-electron chi connectivity index (χ1n) is 14.2. The van der Waals surface area contributed by atoms with E-state index in [4.69, 9.17) is 32.4 Å². The molecule has 3 aromatic carbocycles. The van der Waals surface area contributed by atoms with E-state index in [2.05, 4.69) is 15.4 Å². The van der Waals surface area contributed by atoms with Crippen LogP contribution in [0.5, 0.6) is 5.75 Å². The second-order valence-electron chi connectivity index (χ2n) is 10.3. The normalized spacial score (nSPS) is 13.7. The smallest absolute Gasteiger partial charge is 0.329 e. The Morgan fingerprint density at radius 2 is 1.57 bits per heavy atom. The fourth-order valence-corrected chi connectivity index (χ4v) is 6.53. The molecule has 5 rings (SSSR count). The van der Waals surface area contributed by atoms with Crippen LogP contribution in [0, 0.1) is 0 Å². The lowest BCUT2D eigenvalue weighted by atomic mass is 10.2. The first-order valence-corrected chi connectivity index (χ1v) is 16.4. The molecule has 11 nitrogen and oxygen atoms in total. The fourth-order valence-electron chi connectivity index (χ4n) is 4.89. The van der Waals surface area contributed by atoms with Gasteiger partial charge >= 0.3 is 11.8 Å². The zero-order valence-electron chi connectivity index (χ0n) is 24.8. The Hall–Kier alpha value is -4.36. The highest BCUT2D eigenvalue weighted by Gasteiger charge is 2.28. The number of nitrogens with one attached hydrogen (secondary N) is 1. The Kier molecular flexibility index (Phi) is 10.6. The molecule has 4 aromatic rings. The van der Waals surface area contributed by atoms with E-state index in [0.717, 1.165) is 17.0 Å². The summed E-state index contributed by atoms with van der Waals surface area (Å²) in [6.07, 6.45) is 1.24. The minimum absolute atomic E-state index is 0.0531. The summed E-state index contributed by atoms with van der Waals surface area (Å²) < 4.78 is 39.7. The molecule has 2 amide bonds. The zero-order chi connectivity index (χ0) is 32.7. The molecule has 0 atom stereocenters. The number of ether oxygens (including phenoxy) is 1. The molecule has 0 spiro atoms. The molecule has 1 N–H and O–H groups in total. The minimum Gasteiger partial charge on any atom is -0.495 e. The van der Waals surface area contributed by atoms with Gasteiger partial charge in [0.05, 0.1) is 30.5 Å². The standard InChI is InChI=1S/C32H31Cl2N5O6S/c1-44-30-5-3-2-4-29(30)37-16-18-38(19-17-37)32(41)31(40)36-35-20-26-12-13-27(45-26)22-39(21-23-6-8-24(33)9-7-23)46(42,43)28-14-10-25(34)11-15-28/h2-15,20H,16-19,21-22H2,1H3,(H,36,40)/b35-20+. The second kappa shape index (κ2) is 14.8. The van der Waals surface area contributed by atoms with Crippen LogP contribution in [-0.2, 0) is 32.7 Å². The summed E-state index contributed by atoms with van der Waals surface area (Å²) in [6.45, 7) is 1.77. The van der Waals surface area contributed by atoms with Crippen LogP contribution < -0.4 is 15.1 Å². The lowest BCUT2D eigenvalue weighted by molar-refractivity contribution is -0.146. The Balaban J connectivity index is 1.19. The third-order valence-electron chi connectivity index (χ3n) is 7.28. The monoisotopic (exact) mass is 683 g/mol. The summed E-state index contributed by atoms with van der Waals surface area (Å²) in [5, 5.41) is 4.82. The summed E-state index contributed by atoms with van der Waals surface area (Å²) in [4.78, 5) is 28.9. The summed E-state index contributed by atoms with van der Waals surface area (Å²) in [6, 6.07) is 23.6. The molecule has 14 heteroatoms. The van der Waals surface area contributed by atoms with Crippen LogP contribution >= 0.6 is 23.2 Å². The van der Waals surface area contributed by atoms with Gasteiger partial charge in [0.1, 0.15) is 17.3 Å². The molecule has 0 aliphatic carbocycles. The number of para-hydroxylation sites is 2. The number of amides is 2. The van der Waals surface area contributed by atoms with Crippen molar-refractivity contribution in [2.45, 2.75) is 18.0 Å². The number of benzene rings is 3. The Labute approximate surface area is 277 Å². The molecule has 0 saturated carbocycles. The molecule has 0 bridgehead atoms. The van der Waals surface area contributed by atoms with E-state index in [9.17, 15) is 18.0 Å². The van der Waals surface area contributed by atoms with Gasteiger partial charge in [0, 0.05) is 42.8 Å². The predicted octanol–water partition coefficient (Wildman–Crippen LogP) is 4.79. The van der Waals surface area contributed by atoms with Gasteiger partial charge < -0.3 is 19.0 Å². The maximum absolute atomic E-state index is 13.6. The number of sulfonamides is 1. The van der Waals surface area contributed by atoms with Crippen LogP contribution in [0.1, 0.15) is 17.1 Å². The molecule has 1 aliphatic heterocycles. The summed E-state index contributed by atoms with van der Waals surface area (Å²) in [7, 11) is -2.34. The van der Waals surface area contributed by atoms with Crippen molar-refractivity contribution in [1.82, 2.24) is 14.6 Å². The number of halogens is 2. The SMILES string of the molecule is COc1ccccc1N1CCN(C(=O)C(=O)N/N=C/c2ccc(CN(Cc3ccc(Cl)cc3)S(=O)(=O)c3ccc(Cl)cc3)o2)CC1. The summed E-state index contributed by atoms with van der Waals surface area (Å²) >= 11 is 12.0. The van der Waals surface area contributed by atoms with E-state index in [1.807, 2.05) is 24.3 Å². The van der Waals surface area contributed by atoms with Crippen molar-refractivity contribution in [3.8, 4) is 5.75 Å². The highest BCUT2D eigenvalue weighted by Crippen LogP contribution is 2.28. The van der Waals surface area contributed by atoms with E-state index in [0.29, 0.717) is 42.0 Å². The average molecular weight is 685 g/mol. The molecule has 1 aromatic heterocycles. The first kappa shape index (κ1) is 33.0. The molecule has 1 saturated heterocycles. The van der Waals surface area contributed by atoms with Crippen LogP contribution in [0.4, 0.5) is 5.69 Å². The molecule has 2 heterocycles. The van der Waals surface area contributed by atoms with Crippen LogP contribution in [0.3, 0.4) is 0 Å². The fraction of sp³-hybridized carbons (Fsp3) is 0.219. The Morgan fingerprint density at radius 1 is 0.913 bits per heavy atom. The number of piperazine rings is 1. The average Bonchev–Trinajstić information content (AvgIpc) is 3.52. The number of hydrazone groups is 1. The number of anilines is 1. The van der Waals surface area contributed by atoms with Gasteiger partial charge in [0.15, 0.2) is 0 Å². The van der Waals surface area contributed by atoms with E-state index in [1.54, 1.807) is 43.5 Å². The van der Waals surface area contributed by atoms with Gasteiger partial charge in [-0.3, -0.25) is 9.59 Å². The number of hydrogen-bond donors (Lipinski definition) is 1. The van der Waals surface area contributed by atoms with E-state index in [1.165, 1.54) is 39.7 Å². The minimum atomic E-state index is -3.95.